The lowest BCUT2D eigenvalue weighted by Crippen LogP contribution is -2.24. The van der Waals surface area contributed by atoms with Crippen molar-refractivity contribution in [1.82, 2.24) is 19.1 Å². The van der Waals surface area contributed by atoms with E-state index in [1.807, 2.05) is 20.8 Å². The molecule has 0 aliphatic carbocycles. The number of hydrogen-bond acceptors (Lipinski definition) is 5. The van der Waals surface area contributed by atoms with Crippen molar-refractivity contribution in [2.45, 2.75) is 33.9 Å². The molecule has 0 saturated carbocycles. The second-order valence-electron chi connectivity index (χ2n) is 4.98. The Hall–Kier alpha value is -2.15. The minimum Gasteiger partial charge on any atom is -0.383 e. The summed E-state index contributed by atoms with van der Waals surface area (Å²) in [6, 6.07) is 0. The molecule has 7 heteroatoms. The maximum atomic E-state index is 12.1. The molecular weight excluding hydrogens is 286 g/mol. The number of hydrogen-bond donors (Lipinski definition) is 1. The van der Waals surface area contributed by atoms with Crippen LogP contribution >= 0.6 is 11.3 Å². The summed E-state index contributed by atoms with van der Waals surface area (Å²) >= 11 is 1.61. The van der Waals surface area contributed by atoms with Gasteiger partial charge < -0.3 is 5.73 Å². The minimum absolute atomic E-state index is 0.0571. The zero-order valence-corrected chi connectivity index (χ0v) is 13.1. The van der Waals surface area contributed by atoms with Crippen LogP contribution in [-0.2, 0) is 13.1 Å². The van der Waals surface area contributed by atoms with Crippen molar-refractivity contribution in [3.8, 4) is 0 Å². The molecule has 0 aromatic carbocycles. The Morgan fingerprint density at radius 2 is 1.95 bits per heavy atom. The quantitative estimate of drug-likeness (QED) is 0.802. The Morgan fingerprint density at radius 1 is 1.24 bits per heavy atom. The molecule has 3 heterocycles. The van der Waals surface area contributed by atoms with Gasteiger partial charge in [-0.1, -0.05) is 0 Å². The summed E-state index contributed by atoms with van der Waals surface area (Å²) in [5, 5.41) is 0.930. The van der Waals surface area contributed by atoms with Gasteiger partial charge in [-0.15, -0.1) is 11.3 Å². The van der Waals surface area contributed by atoms with Crippen LogP contribution in [0.25, 0.3) is 10.2 Å². The molecule has 0 aliphatic heterocycles. The predicted molar refractivity (Wildman–Crippen MR) is 84.8 cm³/mol. The monoisotopic (exact) mass is 303 g/mol. The molecular formula is C14H17N5OS. The van der Waals surface area contributed by atoms with Crippen molar-refractivity contribution in [2.75, 3.05) is 5.73 Å². The summed E-state index contributed by atoms with van der Waals surface area (Å²) < 4.78 is 3.23. The molecule has 3 rings (SSSR count). The molecule has 0 spiro atoms. The van der Waals surface area contributed by atoms with Crippen LogP contribution in [0.2, 0.25) is 0 Å². The molecule has 3 aromatic rings. The average molecular weight is 303 g/mol. The van der Waals surface area contributed by atoms with E-state index in [0.717, 1.165) is 15.8 Å². The number of anilines is 1. The van der Waals surface area contributed by atoms with Crippen molar-refractivity contribution in [2.24, 2.45) is 0 Å². The maximum Gasteiger partial charge on any atom is 0.328 e. The lowest BCUT2D eigenvalue weighted by molar-refractivity contribution is 0.655. The first-order valence-corrected chi connectivity index (χ1v) is 7.60. The Morgan fingerprint density at radius 3 is 2.62 bits per heavy atom. The maximum absolute atomic E-state index is 12.1. The van der Waals surface area contributed by atoms with E-state index in [1.165, 1.54) is 4.88 Å². The highest BCUT2D eigenvalue weighted by molar-refractivity contribution is 7.18. The topological polar surface area (TPSA) is 78.7 Å². The Kier molecular flexibility index (Phi) is 3.29. The van der Waals surface area contributed by atoms with Gasteiger partial charge >= 0.3 is 5.69 Å². The van der Waals surface area contributed by atoms with Crippen LogP contribution < -0.4 is 11.4 Å². The van der Waals surface area contributed by atoms with Crippen LogP contribution in [0.3, 0.4) is 0 Å². The summed E-state index contributed by atoms with van der Waals surface area (Å²) in [4.78, 5) is 23.0. The van der Waals surface area contributed by atoms with Gasteiger partial charge in [-0.05, 0) is 26.3 Å². The number of imidazole rings is 1. The zero-order valence-electron chi connectivity index (χ0n) is 12.3. The SMILES string of the molecule is CCn1ccn(Cc2nc(N)c3c(C)c(C)sc3n2)c1=O. The van der Waals surface area contributed by atoms with Crippen molar-refractivity contribution in [1.29, 1.82) is 0 Å². The first kappa shape index (κ1) is 13.8. The molecule has 0 bridgehead atoms. The van der Waals surface area contributed by atoms with E-state index in [1.54, 1.807) is 32.9 Å². The number of rotatable bonds is 3. The molecule has 21 heavy (non-hydrogen) atoms. The first-order chi connectivity index (χ1) is 10.0. The number of fused-ring (bicyclic) bond motifs is 1. The van der Waals surface area contributed by atoms with Gasteiger partial charge in [0, 0.05) is 23.8 Å². The Balaban J connectivity index is 2.05. The van der Waals surface area contributed by atoms with Gasteiger partial charge in [0.05, 0.1) is 11.9 Å². The van der Waals surface area contributed by atoms with E-state index in [2.05, 4.69) is 9.97 Å². The molecule has 0 aliphatic rings. The third-order valence-electron chi connectivity index (χ3n) is 3.67. The second kappa shape index (κ2) is 5.00. The van der Waals surface area contributed by atoms with Crippen LogP contribution in [0.5, 0.6) is 0 Å². The third kappa shape index (κ3) is 2.23. The van der Waals surface area contributed by atoms with Gasteiger partial charge in [-0.2, -0.15) is 0 Å². The van der Waals surface area contributed by atoms with E-state index in [0.29, 0.717) is 24.7 Å². The molecule has 0 amide bonds. The number of thiophene rings is 1. The molecule has 0 fully saturated rings. The van der Waals surface area contributed by atoms with Crippen LogP contribution in [0.1, 0.15) is 23.2 Å². The van der Waals surface area contributed by atoms with Crippen molar-refractivity contribution >= 4 is 27.4 Å². The van der Waals surface area contributed by atoms with E-state index in [9.17, 15) is 4.79 Å². The van der Waals surface area contributed by atoms with Gasteiger partial charge in [-0.25, -0.2) is 14.8 Å². The smallest absolute Gasteiger partial charge is 0.328 e. The fourth-order valence-electron chi connectivity index (χ4n) is 2.36. The number of aromatic nitrogens is 4. The van der Waals surface area contributed by atoms with E-state index >= 15 is 0 Å². The number of nitrogens with two attached hydrogens (primary N) is 1. The van der Waals surface area contributed by atoms with Gasteiger partial charge in [0.25, 0.3) is 0 Å². The van der Waals surface area contributed by atoms with Gasteiger partial charge in [0.1, 0.15) is 10.6 Å². The zero-order chi connectivity index (χ0) is 15.1. The summed E-state index contributed by atoms with van der Waals surface area (Å²) in [5.41, 5.74) is 7.13. The van der Waals surface area contributed by atoms with Gasteiger partial charge in [0.2, 0.25) is 0 Å². The van der Waals surface area contributed by atoms with Crippen LogP contribution in [0.4, 0.5) is 5.82 Å². The average Bonchev–Trinajstić information content (AvgIpc) is 2.92. The molecule has 2 N–H and O–H groups in total. The summed E-state index contributed by atoms with van der Waals surface area (Å²) in [6.07, 6.45) is 3.52. The number of nitrogen functional groups attached to an aromatic ring is 1. The van der Waals surface area contributed by atoms with E-state index in [-0.39, 0.29) is 5.69 Å². The highest BCUT2D eigenvalue weighted by Crippen LogP contribution is 2.31. The Bertz CT molecular complexity index is 873. The van der Waals surface area contributed by atoms with Gasteiger partial charge in [-0.3, -0.25) is 9.13 Å². The number of nitrogens with zero attached hydrogens (tertiary/aromatic N) is 4. The van der Waals surface area contributed by atoms with E-state index in [4.69, 9.17) is 5.73 Å². The predicted octanol–water partition coefficient (Wildman–Crippen LogP) is 1.92. The fourth-order valence-corrected chi connectivity index (χ4v) is 3.42. The fraction of sp³-hybridized carbons (Fsp3) is 0.357. The summed E-state index contributed by atoms with van der Waals surface area (Å²) in [5.74, 6) is 1.05. The van der Waals surface area contributed by atoms with Crippen LogP contribution in [-0.4, -0.2) is 19.1 Å². The van der Waals surface area contributed by atoms with Crippen molar-refractivity contribution in [3.05, 3.63) is 39.1 Å². The lowest BCUT2D eigenvalue weighted by Gasteiger charge is -2.04. The van der Waals surface area contributed by atoms with Crippen LogP contribution in [0.15, 0.2) is 17.2 Å². The van der Waals surface area contributed by atoms with Crippen molar-refractivity contribution in [3.63, 3.8) is 0 Å². The lowest BCUT2D eigenvalue weighted by atomic mass is 10.2. The molecule has 3 aromatic heterocycles. The van der Waals surface area contributed by atoms with Crippen molar-refractivity contribution < 1.29 is 0 Å². The standard InChI is InChI=1S/C14H17N5OS/c1-4-18-5-6-19(14(18)20)7-10-16-12(15)11-8(2)9(3)21-13(11)17-10/h5-6H,4,7H2,1-3H3,(H2,15,16,17). The normalized spacial score (nSPS) is 11.4. The second-order valence-corrected chi connectivity index (χ2v) is 6.19. The number of aryl methyl sites for hydroxylation is 3. The molecule has 0 unspecified atom stereocenters. The highest BCUT2D eigenvalue weighted by atomic mass is 32.1. The summed E-state index contributed by atoms with van der Waals surface area (Å²) in [6.45, 7) is 6.99. The molecule has 0 saturated heterocycles. The molecule has 0 atom stereocenters. The third-order valence-corrected chi connectivity index (χ3v) is 4.77. The van der Waals surface area contributed by atoms with Gasteiger partial charge in [0.15, 0.2) is 5.82 Å². The Labute approximate surface area is 125 Å². The summed E-state index contributed by atoms with van der Waals surface area (Å²) in [7, 11) is 0. The largest absolute Gasteiger partial charge is 0.383 e. The van der Waals surface area contributed by atoms with E-state index < -0.39 is 0 Å². The van der Waals surface area contributed by atoms with Crippen LogP contribution in [0, 0.1) is 13.8 Å². The molecule has 6 nitrogen and oxygen atoms in total. The first-order valence-electron chi connectivity index (χ1n) is 6.79. The molecule has 110 valence electrons. The molecule has 0 radical (unpaired) electrons. The highest BCUT2D eigenvalue weighted by Gasteiger charge is 2.13. The minimum atomic E-state index is -0.0571.